The van der Waals surface area contributed by atoms with Crippen LogP contribution < -0.4 is 0 Å². The topological polar surface area (TPSA) is 135 Å². The van der Waals surface area contributed by atoms with Gasteiger partial charge in [0, 0.05) is 24.2 Å². The molecule has 3 saturated carbocycles. The molecule has 0 amide bonds. The summed E-state index contributed by atoms with van der Waals surface area (Å²) < 4.78 is 34.7. The molecular formula is C21H28O8S. The first-order valence-corrected chi connectivity index (χ1v) is 11.8. The molecule has 9 heteroatoms. The Morgan fingerprint density at radius 3 is 2.57 bits per heavy atom. The van der Waals surface area contributed by atoms with Crippen LogP contribution in [-0.2, 0) is 29.0 Å². The van der Waals surface area contributed by atoms with Gasteiger partial charge in [-0.2, -0.15) is 8.42 Å². The Balaban J connectivity index is 1.66. The van der Waals surface area contributed by atoms with Crippen molar-refractivity contribution in [3.63, 3.8) is 0 Å². The third kappa shape index (κ3) is 3.04. The predicted molar refractivity (Wildman–Crippen MR) is 105 cm³/mol. The lowest BCUT2D eigenvalue weighted by atomic mass is 9.46. The largest absolute Gasteiger partial charge is 0.397 e. The molecular weight excluding hydrogens is 412 g/mol. The fourth-order valence-corrected chi connectivity index (χ4v) is 7.35. The molecule has 2 N–H and O–H groups in total. The molecule has 8 nitrogen and oxygen atoms in total. The monoisotopic (exact) mass is 440 g/mol. The van der Waals surface area contributed by atoms with Crippen molar-refractivity contribution in [2.24, 2.45) is 28.6 Å². The predicted octanol–water partition coefficient (Wildman–Crippen LogP) is 1.82. The van der Waals surface area contributed by atoms with Gasteiger partial charge in [0.15, 0.2) is 11.6 Å². The zero-order valence-electron chi connectivity index (χ0n) is 17.2. The lowest BCUT2D eigenvalue weighted by Crippen LogP contribution is -2.61. The molecule has 6 atom stereocenters. The van der Waals surface area contributed by atoms with E-state index in [9.17, 15) is 27.9 Å². The van der Waals surface area contributed by atoms with Crippen LogP contribution in [0.4, 0.5) is 0 Å². The van der Waals surface area contributed by atoms with E-state index in [1.165, 1.54) is 0 Å². The Labute approximate surface area is 176 Å². The second kappa shape index (κ2) is 6.79. The van der Waals surface area contributed by atoms with Crippen LogP contribution in [0, 0.1) is 28.6 Å². The summed E-state index contributed by atoms with van der Waals surface area (Å²) in [5, 5.41) is 11.3. The summed E-state index contributed by atoms with van der Waals surface area (Å²) in [4.78, 5) is 38.1. The molecule has 0 spiro atoms. The maximum Gasteiger partial charge on any atom is 0.397 e. The summed E-state index contributed by atoms with van der Waals surface area (Å²) in [5.41, 5.74) is -2.23. The van der Waals surface area contributed by atoms with Gasteiger partial charge in [0.2, 0.25) is 0 Å². The van der Waals surface area contributed by atoms with Gasteiger partial charge in [-0.05, 0) is 55.4 Å². The maximum absolute atomic E-state index is 13.4. The summed E-state index contributed by atoms with van der Waals surface area (Å²) in [6, 6.07) is 0. The fraction of sp³-hybridized carbons (Fsp3) is 0.762. The Kier molecular flexibility index (Phi) is 4.93. The highest BCUT2D eigenvalue weighted by molar-refractivity contribution is 7.80. The third-order valence-electron chi connectivity index (χ3n) is 8.61. The molecule has 0 aliphatic heterocycles. The van der Waals surface area contributed by atoms with Gasteiger partial charge in [0.05, 0.1) is 0 Å². The van der Waals surface area contributed by atoms with Crippen LogP contribution in [-0.4, -0.2) is 47.6 Å². The number of carbonyl (C=O) groups is 3. The van der Waals surface area contributed by atoms with E-state index in [2.05, 4.69) is 11.1 Å². The van der Waals surface area contributed by atoms with Crippen molar-refractivity contribution in [3.8, 4) is 0 Å². The molecule has 4 aliphatic carbocycles. The molecule has 0 heterocycles. The van der Waals surface area contributed by atoms with E-state index in [0.717, 1.165) is 18.4 Å². The van der Waals surface area contributed by atoms with E-state index in [4.69, 9.17) is 4.55 Å². The van der Waals surface area contributed by atoms with Crippen LogP contribution >= 0.6 is 0 Å². The Morgan fingerprint density at radius 2 is 1.90 bits per heavy atom. The van der Waals surface area contributed by atoms with Crippen molar-refractivity contribution in [2.45, 2.75) is 64.4 Å². The maximum atomic E-state index is 13.4. The number of Topliss-reactive ketones (excluding diaryl/α,β-unsaturated/α-hetero) is 2. The quantitative estimate of drug-likeness (QED) is 0.632. The molecule has 3 fully saturated rings. The number of hydrogen-bond donors (Lipinski definition) is 2. The van der Waals surface area contributed by atoms with E-state index < -0.39 is 33.8 Å². The first-order chi connectivity index (χ1) is 13.8. The second-order valence-electron chi connectivity index (χ2n) is 9.91. The lowest BCUT2D eigenvalue weighted by molar-refractivity contribution is -0.170. The van der Waals surface area contributed by atoms with Gasteiger partial charge < -0.3 is 5.11 Å². The highest BCUT2D eigenvalue weighted by Crippen LogP contribution is 2.66. The van der Waals surface area contributed by atoms with E-state index in [1.54, 1.807) is 13.0 Å². The van der Waals surface area contributed by atoms with Gasteiger partial charge >= 0.3 is 10.4 Å². The smallest absolute Gasteiger partial charge is 0.381 e. The van der Waals surface area contributed by atoms with E-state index in [1.807, 2.05) is 0 Å². The Hall–Kier alpha value is -1.42. The molecule has 0 saturated heterocycles. The second-order valence-corrected chi connectivity index (χ2v) is 11.0. The van der Waals surface area contributed by atoms with Crippen LogP contribution in [0.1, 0.15) is 58.8 Å². The fourth-order valence-electron chi connectivity index (χ4n) is 7.09. The number of aliphatic hydroxyl groups is 1. The summed E-state index contributed by atoms with van der Waals surface area (Å²) in [6.45, 7) is 2.84. The lowest BCUT2D eigenvalue weighted by Gasteiger charge is -2.57. The standard InChI is InChI=1S/C21H28O8S/c1-19-7-5-13(22)9-12(19)3-4-14-15-6-8-21(25,17(24)11-29-30(26,27)28)20(15,2)10-16(23)18(14)19/h9,14-15,18,25H,3-8,10-11H2,1-2H3,(H,26,27,28). The van der Waals surface area contributed by atoms with Crippen LogP contribution in [0.3, 0.4) is 0 Å². The van der Waals surface area contributed by atoms with Gasteiger partial charge in [-0.15, -0.1) is 0 Å². The Morgan fingerprint density at radius 1 is 1.20 bits per heavy atom. The first-order valence-electron chi connectivity index (χ1n) is 10.5. The number of hydrogen-bond acceptors (Lipinski definition) is 7. The molecule has 0 aromatic carbocycles. The number of rotatable bonds is 4. The minimum atomic E-state index is -4.81. The van der Waals surface area contributed by atoms with Crippen molar-refractivity contribution in [1.29, 1.82) is 0 Å². The summed E-state index contributed by atoms with van der Waals surface area (Å²) in [7, 11) is -4.81. The molecule has 166 valence electrons. The number of ketones is 3. The van der Waals surface area contributed by atoms with E-state index in [0.29, 0.717) is 19.3 Å². The van der Waals surface area contributed by atoms with Gasteiger partial charge in [0.1, 0.15) is 18.0 Å². The summed E-state index contributed by atoms with van der Waals surface area (Å²) >= 11 is 0. The average molecular weight is 441 g/mol. The van der Waals surface area contributed by atoms with Gasteiger partial charge in [-0.1, -0.05) is 19.4 Å². The third-order valence-corrected chi connectivity index (χ3v) is 9.02. The minimum absolute atomic E-state index is 0.00378. The molecule has 4 aliphatic rings. The van der Waals surface area contributed by atoms with Crippen molar-refractivity contribution in [1.82, 2.24) is 0 Å². The van der Waals surface area contributed by atoms with Gasteiger partial charge in [0.25, 0.3) is 0 Å². The molecule has 0 radical (unpaired) electrons. The molecule has 0 aromatic rings. The van der Waals surface area contributed by atoms with Crippen molar-refractivity contribution >= 4 is 27.7 Å². The molecule has 6 unspecified atom stereocenters. The number of carbonyl (C=O) groups excluding carboxylic acids is 3. The molecule has 30 heavy (non-hydrogen) atoms. The average Bonchev–Trinajstić information content (AvgIpc) is 2.91. The zero-order chi connectivity index (χ0) is 22.1. The Bertz CT molecular complexity index is 952. The van der Waals surface area contributed by atoms with Crippen LogP contribution in [0.15, 0.2) is 11.6 Å². The minimum Gasteiger partial charge on any atom is -0.381 e. The molecule has 4 rings (SSSR count). The van der Waals surface area contributed by atoms with E-state index >= 15 is 0 Å². The first kappa shape index (κ1) is 21.8. The number of fused-ring (bicyclic) bond motifs is 5. The van der Waals surface area contributed by atoms with Gasteiger partial charge in [-0.25, -0.2) is 4.18 Å². The number of allylic oxidation sites excluding steroid dienone is 1. The van der Waals surface area contributed by atoms with Crippen molar-refractivity contribution < 1.29 is 36.6 Å². The van der Waals surface area contributed by atoms with Crippen LogP contribution in [0.5, 0.6) is 0 Å². The zero-order valence-corrected chi connectivity index (χ0v) is 18.0. The normalized spacial score (nSPS) is 43.5. The highest BCUT2D eigenvalue weighted by atomic mass is 32.3. The van der Waals surface area contributed by atoms with E-state index in [-0.39, 0.29) is 47.6 Å². The SMILES string of the molecule is CC12CCC(=O)C=C1CCC1C2C(=O)CC2(C)C1CCC2(O)C(=O)COS(=O)(=O)O. The van der Waals surface area contributed by atoms with Gasteiger partial charge in [-0.3, -0.25) is 18.9 Å². The highest BCUT2D eigenvalue weighted by Gasteiger charge is 2.68. The summed E-state index contributed by atoms with van der Waals surface area (Å²) in [5.74, 6) is -1.05. The molecule has 0 aromatic heterocycles. The molecule has 0 bridgehead atoms. The van der Waals surface area contributed by atoms with Crippen LogP contribution in [0.25, 0.3) is 0 Å². The van der Waals surface area contributed by atoms with Crippen molar-refractivity contribution in [2.75, 3.05) is 6.61 Å². The summed E-state index contributed by atoms with van der Waals surface area (Å²) in [6.07, 6.45) is 4.90. The van der Waals surface area contributed by atoms with Crippen molar-refractivity contribution in [3.05, 3.63) is 11.6 Å². The van der Waals surface area contributed by atoms with Crippen LogP contribution in [0.2, 0.25) is 0 Å².